The van der Waals surface area contributed by atoms with E-state index in [9.17, 15) is 9.59 Å². The number of benzene rings is 1. The van der Waals surface area contributed by atoms with Crippen LogP contribution >= 0.6 is 35.6 Å². The van der Waals surface area contributed by atoms with Crippen molar-refractivity contribution in [1.29, 1.82) is 0 Å². The van der Waals surface area contributed by atoms with Gasteiger partial charge in [-0.05, 0) is 56.7 Å². The molecule has 3 N–H and O–H groups in total. The first kappa shape index (κ1) is 22.3. The lowest BCUT2D eigenvalue weighted by Crippen LogP contribution is -2.56. The summed E-state index contributed by atoms with van der Waals surface area (Å²) in [4.78, 5) is 27.3. The van der Waals surface area contributed by atoms with Crippen molar-refractivity contribution in [1.82, 2.24) is 10.2 Å². The molecule has 1 aliphatic carbocycles. The zero-order chi connectivity index (χ0) is 18.9. The number of nitrogens with one attached hydrogen (secondary N) is 1. The standard InChI is InChI=1S/C19H25Cl2N3O2.ClH/c1-19(11-22,14-5-6-14)23-17(25)13-3-2-8-24(10-13)18(26)12-4-7-15(20)16(21)9-12;/h4,7,9,13-14H,2-3,5-6,8,10-11,22H2,1H3,(H,23,25);1H. The molecule has 0 aromatic heterocycles. The number of nitrogens with zero attached hydrogens (tertiary/aromatic N) is 1. The topological polar surface area (TPSA) is 75.4 Å². The van der Waals surface area contributed by atoms with Crippen molar-refractivity contribution in [2.24, 2.45) is 17.6 Å². The van der Waals surface area contributed by atoms with Crippen molar-refractivity contribution < 1.29 is 9.59 Å². The van der Waals surface area contributed by atoms with Gasteiger partial charge in [-0.3, -0.25) is 9.59 Å². The zero-order valence-electron chi connectivity index (χ0n) is 15.3. The number of nitrogens with two attached hydrogens (primary N) is 1. The van der Waals surface area contributed by atoms with Crippen molar-refractivity contribution in [3.8, 4) is 0 Å². The minimum Gasteiger partial charge on any atom is -0.349 e. The van der Waals surface area contributed by atoms with Gasteiger partial charge in [-0.2, -0.15) is 0 Å². The summed E-state index contributed by atoms with van der Waals surface area (Å²) in [7, 11) is 0. The number of hydrogen-bond donors (Lipinski definition) is 2. The molecule has 0 radical (unpaired) electrons. The molecule has 2 fully saturated rings. The maximum absolute atomic E-state index is 12.8. The highest BCUT2D eigenvalue weighted by molar-refractivity contribution is 6.42. The van der Waals surface area contributed by atoms with Crippen molar-refractivity contribution in [3.05, 3.63) is 33.8 Å². The Labute approximate surface area is 176 Å². The minimum absolute atomic E-state index is 0. The Morgan fingerprint density at radius 3 is 2.56 bits per heavy atom. The summed E-state index contributed by atoms with van der Waals surface area (Å²) in [6.45, 7) is 3.50. The Morgan fingerprint density at radius 2 is 1.96 bits per heavy atom. The van der Waals surface area contributed by atoms with Crippen LogP contribution in [0.3, 0.4) is 0 Å². The van der Waals surface area contributed by atoms with E-state index in [0.717, 1.165) is 25.7 Å². The Morgan fingerprint density at radius 1 is 1.26 bits per heavy atom. The number of halogens is 3. The molecule has 2 unspecified atom stereocenters. The second-order valence-corrected chi connectivity index (χ2v) is 8.42. The highest BCUT2D eigenvalue weighted by Gasteiger charge is 2.43. The van der Waals surface area contributed by atoms with Crippen LogP contribution in [-0.2, 0) is 4.79 Å². The van der Waals surface area contributed by atoms with Crippen LogP contribution < -0.4 is 11.1 Å². The maximum Gasteiger partial charge on any atom is 0.253 e. The Bertz CT molecular complexity index is 711. The fourth-order valence-electron chi connectivity index (χ4n) is 3.61. The molecule has 27 heavy (non-hydrogen) atoms. The number of likely N-dealkylation sites (tertiary alicyclic amines) is 1. The van der Waals surface area contributed by atoms with Gasteiger partial charge in [-0.1, -0.05) is 23.2 Å². The average molecular weight is 435 g/mol. The summed E-state index contributed by atoms with van der Waals surface area (Å²) in [5.74, 6) is 0.135. The first-order chi connectivity index (χ1) is 12.3. The molecule has 1 saturated heterocycles. The number of hydrogen-bond acceptors (Lipinski definition) is 3. The van der Waals surface area contributed by atoms with Gasteiger partial charge < -0.3 is 16.0 Å². The van der Waals surface area contributed by atoms with Crippen LogP contribution in [0, 0.1) is 11.8 Å². The molecular weight excluding hydrogens is 409 g/mol. The van der Waals surface area contributed by atoms with E-state index in [1.54, 1.807) is 23.1 Å². The Kier molecular flexibility index (Phi) is 7.42. The van der Waals surface area contributed by atoms with Crippen molar-refractivity contribution >= 4 is 47.4 Å². The summed E-state index contributed by atoms with van der Waals surface area (Å²) in [6, 6.07) is 4.86. The van der Waals surface area contributed by atoms with E-state index >= 15 is 0 Å². The van der Waals surface area contributed by atoms with Gasteiger partial charge in [0.15, 0.2) is 0 Å². The Balaban J connectivity index is 0.00000261. The van der Waals surface area contributed by atoms with E-state index in [2.05, 4.69) is 5.32 Å². The van der Waals surface area contributed by atoms with Gasteiger partial charge in [-0.25, -0.2) is 0 Å². The molecule has 8 heteroatoms. The van der Waals surface area contributed by atoms with Gasteiger partial charge in [0.05, 0.1) is 21.5 Å². The van der Waals surface area contributed by atoms with Gasteiger partial charge in [0, 0.05) is 25.2 Å². The van der Waals surface area contributed by atoms with Gasteiger partial charge in [0.2, 0.25) is 5.91 Å². The predicted octanol–water partition coefficient (Wildman–Crippen LogP) is 3.51. The number of carbonyl (C=O) groups excluding carboxylic acids is 2. The third kappa shape index (κ3) is 5.08. The SMILES string of the molecule is CC(CN)(NC(=O)C1CCCN(C(=O)c2ccc(Cl)c(Cl)c2)C1)C1CC1.Cl. The molecule has 5 nitrogen and oxygen atoms in total. The lowest BCUT2D eigenvalue weighted by atomic mass is 9.91. The predicted molar refractivity (Wildman–Crippen MR) is 111 cm³/mol. The van der Waals surface area contributed by atoms with Gasteiger partial charge in [0.1, 0.15) is 0 Å². The van der Waals surface area contributed by atoms with Crippen LogP contribution in [0.15, 0.2) is 18.2 Å². The highest BCUT2D eigenvalue weighted by atomic mass is 35.5. The quantitative estimate of drug-likeness (QED) is 0.744. The van der Waals surface area contributed by atoms with E-state index in [-0.39, 0.29) is 35.7 Å². The van der Waals surface area contributed by atoms with Crippen molar-refractivity contribution in [2.45, 2.75) is 38.1 Å². The van der Waals surface area contributed by atoms with Crippen LogP contribution in [0.2, 0.25) is 10.0 Å². The van der Waals surface area contributed by atoms with Crippen molar-refractivity contribution in [2.75, 3.05) is 19.6 Å². The van der Waals surface area contributed by atoms with Gasteiger partial charge in [0.25, 0.3) is 5.91 Å². The molecule has 2 atom stereocenters. The first-order valence-corrected chi connectivity index (χ1v) is 9.86. The van der Waals surface area contributed by atoms with E-state index in [0.29, 0.717) is 41.2 Å². The molecule has 1 aromatic carbocycles. The third-order valence-corrected chi connectivity index (χ3v) is 6.30. The van der Waals surface area contributed by atoms with Crippen LogP contribution in [0.4, 0.5) is 0 Å². The molecule has 150 valence electrons. The van der Waals surface area contributed by atoms with Gasteiger partial charge in [-0.15, -0.1) is 12.4 Å². The lowest BCUT2D eigenvalue weighted by molar-refractivity contribution is -0.128. The highest BCUT2D eigenvalue weighted by Crippen LogP contribution is 2.39. The normalized spacial score (nSPS) is 21.8. The largest absolute Gasteiger partial charge is 0.349 e. The summed E-state index contributed by atoms with van der Waals surface area (Å²) >= 11 is 11.9. The average Bonchev–Trinajstić information content (AvgIpc) is 3.49. The van der Waals surface area contributed by atoms with E-state index in [1.165, 1.54) is 0 Å². The fourth-order valence-corrected chi connectivity index (χ4v) is 3.91. The van der Waals surface area contributed by atoms with Gasteiger partial charge >= 0.3 is 0 Å². The minimum atomic E-state index is -0.340. The molecule has 2 amide bonds. The molecule has 1 aromatic rings. The molecule has 2 aliphatic rings. The molecule has 3 rings (SSSR count). The molecule has 1 heterocycles. The summed E-state index contributed by atoms with van der Waals surface area (Å²) < 4.78 is 0. The summed E-state index contributed by atoms with van der Waals surface area (Å²) in [5, 5.41) is 3.92. The number of carbonyl (C=O) groups is 2. The number of piperidine rings is 1. The first-order valence-electron chi connectivity index (χ1n) is 9.10. The molecule has 1 saturated carbocycles. The van der Waals surface area contributed by atoms with E-state index in [4.69, 9.17) is 28.9 Å². The fraction of sp³-hybridized carbons (Fsp3) is 0.579. The van der Waals surface area contributed by atoms with Crippen LogP contribution in [0.25, 0.3) is 0 Å². The maximum atomic E-state index is 12.8. The second kappa shape index (κ2) is 8.99. The number of rotatable bonds is 5. The van der Waals surface area contributed by atoms with E-state index in [1.807, 2.05) is 6.92 Å². The smallest absolute Gasteiger partial charge is 0.253 e. The van der Waals surface area contributed by atoms with E-state index < -0.39 is 0 Å². The Hall–Kier alpha value is -1.01. The molecular formula is C19H26Cl3N3O2. The molecule has 0 bridgehead atoms. The lowest BCUT2D eigenvalue weighted by Gasteiger charge is -2.36. The zero-order valence-corrected chi connectivity index (χ0v) is 17.7. The second-order valence-electron chi connectivity index (χ2n) is 7.60. The van der Waals surface area contributed by atoms with Crippen molar-refractivity contribution in [3.63, 3.8) is 0 Å². The molecule has 1 aliphatic heterocycles. The summed E-state index contributed by atoms with van der Waals surface area (Å²) in [6.07, 6.45) is 3.80. The van der Waals surface area contributed by atoms with Crippen LogP contribution in [0.5, 0.6) is 0 Å². The third-order valence-electron chi connectivity index (χ3n) is 5.56. The molecule has 0 spiro atoms. The van der Waals surface area contributed by atoms with Crippen LogP contribution in [0.1, 0.15) is 43.0 Å². The number of amides is 2. The summed E-state index contributed by atoms with van der Waals surface area (Å²) in [5.41, 5.74) is 6.05. The van der Waals surface area contributed by atoms with Crippen LogP contribution in [-0.4, -0.2) is 41.9 Å². The monoisotopic (exact) mass is 433 g/mol.